The van der Waals surface area contributed by atoms with Crippen molar-refractivity contribution in [3.63, 3.8) is 0 Å². The van der Waals surface area contributed by atoms with E-state index in [4.69, 9.17) is 0 Å². The molecule has 0 amide bonds. The van der Waals surface area contributed by atoms with Crippen molar-refractivity contribution in [3.8, 4) is 11.3 Å². The maximum Gasteiger partial charge on any atom is 0.224 e. The SMILES string of the molecule is CNc1nc(Nc2cccc(F)c2C)cc(-c2ccccc2)n1. The number of hydrogen-bond acceptors (Lipinski definition) is 4. The predicted molar refractivity (Wildman–Crippen MR) is 91.4 cm³/mol. The molecule has 3 aromatic rings. The van der Waals surface area contributed by atoms with E-state index in [1.165, 1.54) is 6.07 Å². The van der Waals surface area contributed by atoms with Crippen LogP contribution in [0.3, 0.4) is 0 Å². The molecular formula is C18H17FN4. The van der Waals surface area contributed by atoms with E-state index in [0.717, 1.165) is 11.3 Å². The van der Waals surface area contributed by atoms with Crippen molar-refractivity contribution in [1.29, 1.82) is 0 Å². The van der Waals surface area contributed by atoms with Crippen LogP contribution < -0.4 is 10.6 Å². The average Bonchev–Trinajstić information content (AvgIpc) is 2.59. The molecule has 0 unspecified atom stereocenters. The molecule has 0 aliphatic rings. The van der Waals surface area contributed by atoms with Crippen LogP contribution in [0.25, 0.3) is 11.3 Å². The first kappa shape index (κ1) is 15.0. The van der Waals surface area contributed by atoms with Crippen molar-refractivity contribution in [2.24, 2.45) is 0 Å². The molecule has 1 aromatic heterocycles. The summed E-state index contributed by atoms with van der Waals surface area (Å²) in [4.78, 5) is 8.86. The summed E-state index contributed by atoms with van der Waals surface area (Å²) < 4.78 is 13.7. The van der Waals surface area contributed by atoms with Gasteiger partial charge in [-0.2, -0.15) is 4.98 Å². The van der Waals surface area contributed by atoms with Crippen LogP contribution in [0.1, 0.15) is 5.56 Å². The molecule has 0 saturated carbocycles. The number of aromatic nitrogens is 2. The summed E-state index contributed by atoms with van der Waals surface area (Å²) in [7, 11) is 1.77. The Kier molecular flexibility index (Phi) is 4.19. The lowest BCUT2D eigenvalue weighted by atomic mass is 10.1. The number of anilines is 3. The Hall–Kier alpha value is -2.95. The first-order valence-corrected chi connectivity index (χ1v) is 7.32. The molecule has 3 rings (SSSR count). The fraction of sp³-hybridized carbons (Fsp3) is 0.111. The molecule has 0 radical (unpaired) electrons. The van der Waals surface area contributed by atoms with Crippen molar-refractivity contribution in [2.75, 3.05) is 17.7 Å². The summed E-state index contributed by atoms with van der Waals surface area (Å²) in [5.41, 5.74) is 3.02. The van der Waals surface area contributed by atoms with Crippen LogP contribution in [0.4, 0.5) is 21.8 Å². The third-order valence-electron chi connectivity index (χ3n) is 3.55. The fourth-order valence-corrected chi connectivity index (χ4v) is 2.26. The maximum atomic E-state index is 13.7. The highest BCUT2D eigenvalue weighted by molar-refractivity contribution is 5.68. The minimum atomic E-state index is -0.249. The molecule has 4 nitrogen and oxygen atoms in total. The van der Waals surface area contributed by atoms with Gasteiger partial charge in [0.2, 0.25) is 5.95 Å². The smallest absolute Gasteiger partial charge is 0.224 e. The second-order valence-corrected chi connectivity index (χ2v) is 5.12. The fourth-order valence-electron chi connectivity index (χ4n) is 2.26. The highest BCUT2D eigenvalue weighted by atomic mass is 19.1. The second kappa shape index (κ2) is 6.44. The number of hydrogen-bond donors (Lipinski definition) is 2. The van der Waals surface area contributed by atoms with Crippen molar-refractivity contribution in [2.45, 2.75) is 6.92 Å². The van der Waals surface area contributed by atoms with Crippen LogP contribution in [0.15, 0.2) is 54.6 Å². The maximum absolute atomic E-state index is 13.7. The van der Waals surface area contributed by atoms with Gasteiger partial charge in [-0.05, 0) is 19.1 Å². The zero-order valence-electron chi connectivity index (χ0n) is 13.0. The van der Waals surface area contributed by atoms with Gasteiger partial charge < -0.3 is 10.6 Å². The lowest BCUT2D eigenvalue weighted by Crippen LogP contribution is -2.03. The zero-order valence-corrected chi connectivity index (χ0v) is 13.0. The van der Waals surface area contributed by atoms with Crippen molar-refractivity contribution in [1.82, 2.24) is 9.97 Å². The highest BCUT2D eigenvalue weighted by Crippen LogP contribution is 2.25. The van der Waals surface area contributed by atoms with Gasteiger partial charge in [-0.25, -0.2) is 9.37 Å². The Bertz CT molecular complexity index is 819. The van der Waals surface area contributed by atoms with E-state index in [0.29, 0.717) is 23.0 Å². The van der Waals surface area contributed by atoms with Crippen molar-refractivity contribution >= 4 is 17.5 Å². The number of benzene rings is 2. The number of nitrogens with one attached hydrogen (secondary N) is 2. The summed E-state index contributed by atoms with van der Waals surface area (Å²) in [5.74, 6) is 0.862. The van der Waals surface area contributed by atoms with E-state index in [-0.39, 0.29) is 5.82 Å². The second-order valence-electron chi connectivity index (χ2n) is 5.12. The highest BCUT2D eigenvalue weighted by Gasteiger charge is 2.08. The minimum Gasteiger partial charge on any atom is -0.357 e. The molecule has 0 bridgehead atoms. The van der Waals surface area contributed by atoms with Gasteiger partial charge >= 0.3 is 0 Å². The zero-order chi connectivity index (χ0) is 16.2. The van der Waals surface area contributed by atoms with E-state index in [2.05, 4.69) is 20.6 Å². The molecular weight excluding hydrogens is 291 g/mol. The Morgan fingerprint density at radius 1 is 0.957 bits per heavy atom. The van der Waals surface area contributed by atoms with Crippen molar-refractivity contribution in [3.05, 3.63) is 66.0 Å². The molecule has 0 atom stereocenters. The lowest BCUT2D eigenvalue weighted by Gasteiger charge is -2.12. The van der Waals surface area contributed by atoms with E-state index in [1.807, 2.05) is 42.5 Å². The average molecular weight is 308 g/mol. The summed E-state index contributed by atoms with van der Waals surface area (Å²) in [6.07, 6.45) is 0. The summed E-state index contributed by atoms with van der Waals surface area (Å²) in [6.45, 7) is 1.73. The van der Waals surface area contributed by atoms with E-state index in [1.54, 1.807) is 20.0 Å². The third-order valence-corrected chi connectivity index (χ3v) is 3.55. The first-order valence-electron chi connectivity index (χ1n) is 7.32. The molecule has 116 valence electrons. The summed E-state index contributed by atoms with van der Waals surface area (Å²) in [6, 6.07) is 16.6. The topological polar surface area (TPSA) is 49.8 Å². The Balaban J connectivity index is 2.01. The molecule has 0 aliphatic carbocycles. The largest absolute Gasteiger partial charge is 0.357 e. The number of halogens is 1. The molecule has 2 aromatic carbocycles. The molecule has 1 heterocycles. The van der Waals surface area contributed by atoms with Gasteiger partial charge in [-0.3, -0.25) is 0 Å². The lowest BCUT2D eigenvalue weighted by molar-refractivity contribution is 0.619. The molecule has 0 aliphatic heterocycles. The van der Waals surface area contributed by atoms with Gasteiger partial charge in [0.25, 0.3) is 0 Å². The van der Waals surface area contributed by atoms with Crippen LogP contribution in [0.5, 0.6) is 0 Å². The van der Waals surface area contributed by atoms with Crippen LogP contribution in [0.2, 0.25) is 0 Å². The monoisotopic (exact) mass is 308 g/mol. The Morgan fingerprint density at radius 3 is 2.48 bits per heavy atom. The number of nitrogens with zero attached hydrogens (tertiary/aromatic N) is 2. The van der Waals surface area contributed by atoms with Gasteiger partial charge in [0.15, 0.2) is 0 Å². The van der Waals surface area contributed by atoms with E-state index < -0.39 is 0 Å². The van der Waals surface area contributed by atoms with E-state index in [9.17, 15) is 4.39 Å². The standard InChI is InChI=1S/C18H17FN4/c1-12-14(19)9-6-10-15(12)21-17-11-16(22-18(20-2)23-17)13-7-4-3-5-8-13/h3-11H,1-2H3,(H2,20,21,22,23). The van der Waals surface area contributed by atoms with Gasteiger partial charge in [0, 0.05) is 29.9 Å². The van der Waals surface area contributed by atoms with Crippen LogP contribution in [-0.4, -0.2) is 17.0 Å². The van der Waals surface area contributed by atoms with Gasteiger partial charge in [-0.1, -0.05) is 36.4 Å². The molecule has 23 heavy (non-hydrogen) atoms. The van der Waals surface area contributed by atoms with Gasteiger partial charge in [-0.15, -0.1) is 0 Å². The molecule has 0 fully saturated rings. The van der Waals surface area contributed by atoms with Gasteiger partial charge in [0.1, 0.15) is 11.6 Å². The molecule has 0 spiro atoms. The molecule has 5 heteroatoms. The predicted octanol–water partition coefficient (Wildman–Crippen LogP) is 4.38. The minimum absolute atomic E-state index is 0.249. The molecule has 2 N–H and O–H groups in total. The summed E-state index contributed by atoms with van der Waals surface area (Å²) >= 11 is 0. The van der Waals surface area contributed by atoms with Crippen LogP contribution in [-0.2, 0) is 0 Å². The van der Waals surface area contributed by atoms with Gasteiger partial charge in [0.05, 0.1) is 5.69 Å². The third kappa shape index (κ3) is 3.29. The van der Waals surface area contributed by atoms with Crippen LogP contribution >= 0.6 is 0 Å². The number of rotatable bonds is 4. The van der Waals surface area contributed by atoms with E-state index >= 15 is 0 Å². The summed E-state index contributed by atoms with van der Waals surface area (Å²) in [5, 5.41) is 6.12. The van der Waals surface area contributed by atoms with Crippen LogP contribution in [0, 0.1) is 12.7 Å². The van der Waals surface area contributed by atoms with Crippen molar-refractivity contribution < 1.29 is 4.39 Å². The first-order chi connectivity index (χ1) is 11.2. The Morgan fingerprint density at radius 2 is 1.74 bits per heavy atom. The molecule has 0 saturated heterocycles. The normalized spacial score (nSPS) is 10.4. The quantitative estimate of drug-likeness (QED) is 0.751. The Labute approximate surface area is 134 Å².